The summed E-state index contributed by atoms with van der Waals surface area (Å²) in [7, 11) is 0. The number of aryl methyl sites for hydroxylation is 2. The number of hydrogen-bond acceptors (Lipinski definition) is 8. The van der Waals surface area contributed by atoms with Crippen LogP contribution in [-0.4, -0.2) is 53.0 Å². The average molecular weight is 626 g/mol. The normalized spacial score (nSPS) is 16.1. The van der Waals surface area contributed by atoms with Crippen LogP contribution in [0.15, 0.2) is 61.3 Å². The van der Waals surface area contributed by atoms with E-state index in [-0.39, 0.29) is 30.2 Å². The number of piperazine rings is 1. The van der Waals surface area contributed by atoms with Crippen molar-refractivity contribution in [2.24, 2.45) is 0 Å². The number of ether oxygens (including phenoxy) is 1. The fourth-order valence-electron chi connectivity index (χ4n) is 6.96. The molecule has 47 heavy (non-hydrogen) atoms. The Bertz CT molecular complexity index is 1950. The van der Waals surface area contributed by atoms with E-state index in [9.17, 15) is 15.3 Å². The van der Waals surface area contributed by atoms with Crippen molar-refractivity contribution in [2.75, 3.05) is 36.0 Å². The first-order valence-corrected chi connectivity index (χ1v) is 16.1. The van der Waals surface area contributed by atoms with Gasteiger partial charge in [0.05, 0.1) is 24.2 Å². The molecular formula is C38H39N7O2. The number of carbonyl (C=O) groups is 1. The minimum atomic E-state index is -0.316. The lowest BCUT2D eigenvalue weighted by Gasteiger charge is -2.42. The van der Waals surface area contributed by atoms with Crippen LogP contribution in [0.1, 0.15) is 59.7 Å². The number of benzene rings is 2. The molecule has 0 aliphatic carbocycles. The predicted molar refractivity (Wildman–Crippen MR) is 184 cm³/mol. The van der Waals surface area contributed by atoms with Gasteiger partial charge in [-0.05, 0) is 60.9 Å². The predicted octanol–water partition coefficient (Wildman–Crippen LogP) is 6.71. The fourth-order valence-corrected chi connectivity index (χ4v) is 6.96. The van der Waals surface area contributed by atoms with Gasteiger partial charge >= 0.3 is 0 Å². The van der Waals surface area contributed by atoms with Crippen LogP contribution in [0.5, 0.6) is 11.6 Å². The molecule has 0 radical (unpaired) electrons. The maximum absolute atomic E-state index is 12.7. The first kappa shape index (κ1) is 31.6. The molecule has 1 saturated heterocycles. The van der Waals surface area contributed by atoms with E-state index in [0.717, 1.165) is 40.4 Å². The highest BCUT2D eigenvalue weighted by Gasteiger charge is 2.35. The van der Waals surface area contributed by atoms with E-state index in [4.69, 9.17) is 9.72 Å². The summed E-state index contributed by atoms with van der Waals surface area (Å²) in [4.78, 5) is 28.6. The Balaban J connectivity index is 1.49. The number of pyridine rings is 2. The summed E-state index contributed by atoms with van der Waals surface area (Å²) in [6, 6.07) is 19.0. The number of amides is 1. The number of aromatic nitrogens is 2. The molecule has 2 aromatic heterocycles. The zero-order valence-corrected chi connectivity index (χ0v) is 27.5. The Morgan fingerprint density at radius 1 is 1.06 bits per heavy atom. The Kier molecular flexibility index (Phi) is 8.82. The first-order chi connectivity index (χ1) is 22.7. The van der Waals surface area contributed by atoms with Crippen LogP contribution in [0.25, 0.3) is 10.8 Å². The third kappa shape index (κ3) is 5.86. The quantitative estimate of drug-likeness (QED) is 0.209. The monoisotopic (exact) mass is 625 g/mol. The fraction of sp³-hybridized carbons (Fsp3) is 0.342. The summed E-state index contributed by atoms with van der Waals surface area (Å²) >= 11 is 0. The van der Waals surface area contributed by atoms with Gasteiger partial charge in [-0.3, -0.25) is 9.78 Å². The van der Waals surface area contributed by atoms with Crippen LogP contribution >= 0.6 is 0 Å². The lowest BCUT2D eigenvalue weighted by Crippen LogP contribution is -2.55. The van der Waals surface area contributed by atoms with Crippen molar-refractivity contribution in [3.05, 3.63) is 94.8 Å². The van der Waals surface area contributed by atoms with Crippen molar-refractivity contribution < 1.29 is 9.53 Å². The van der Waals surface area contributed by atoms with Gasteiger partial charge in [0.2, 0.25) is 11.8 Å². The molecule has 2 aromatic carbocycles. The van der Waals surface area contributed by atoms with Crippen LogP contribution in [0.2, 0.25) is 0 Å². The molecule has 2 aliphatic heterocycles. The van der Waals surface area contributed by atoms with Gasteiger partial charge in [0, 0.05) is 61.1 Å². The van der Waals surface area contributed by atoms with E-state index in [1.165, 1.54) is 22.4 Å². The molecule has 0 saturated carbocycles. The Labute approximate surface area is 276 Å². The topological polar surface area (TPSA) is 109 Å². The molecule has 1 fully saturated rings. The molecule has 238 valence electrons. The second kappa shape index (κ2) is 13.1. The summed E-state index contributed by atoms with van der Waals surface area (Å²) in [6.45, 7) is 14.6. The van der Waals surface area contributed by atoms with Crippen LogP contribution < -0.4 is 14.5 Å². The lowest BCUT2D eigenvalue weighted by molar-refractivity contribution is -0.128. The van der Waals surface area contributed by atoms with E-state index in [2.05, 4.69) is 90.7 Å². The van der Waals surface area contributed by atoms with Gasteiger partial charge in [0.1, 0.15) is 17.5 Å². The maximum atomic E-state index is 12.7. The minimum Gasteiger partial charge on any atom is -0.435 e. The SMILES string of the molecule is C=CC(=O)N1CCN(c2nc(Oc3c(C)ccnc3C(C)C)c(C#N)c3c2CCN(c2cccc4cccc(C)c24)C3)C[C@H]1CC#N. The van der Waals surface area contributed by atoms with E-state index < -0.39 is 0 Å². The van der Waals surface area contributed by atoms with E-state index in [1.807, 2.05) is 13.0 Å². The van der Waals surface area contributed by atoms with Crippen molar-refractivity contribution in [1.82, 2.24) is 14.9 Å². The van der Waals surface area contributed by atoms with Crippen molar-refractivity contribution in [1.29, 1.82) is 10.5 Å². The Morgan fingerprint density at radius 3 is 2.57 bits per heavy atom. The van der Waals surface area contributed by atoms with Crippen molar-refractivity contribution in [2.45, 2.75) is 59.0 Å². The number of nitriles is 2. The van der Waals surface area contributed by atoms with Gasteiger partial charge in [-0.25, -0.2) is 0 Å². The van der Waals surface area contributed by atoms with Crippen molar-refractivity contribution in [3.63, 3.8) is 0 Å². The van der Waals surface area contributed by atoms with Crippen LogP contribution in [0.3, 0.4) is 0 Å². The van der Waals surface area contributed by atoms with Crippen LogP contribution in [-0.2, 0) is 17.8 Å². The van der Waals surface area contributed by atoms with Gasteiger partial charge in [-0.1, -0.05) is 50.8 Å². The van der Waals surface area contributed by atoms with Crippen molar-refractivity contribution in [3.8, 4) is 23.8 Å². The molecule has 0 N–H and O–H groups in total. The second-order valence-electron chi connectivity index (χ2n) is 12.6. The van der Waals surface area contributed by atoms with Crippen LogP contribution in [0.4, 0.5) is 11.5 Å². The maximum Gasteiger partial charge on any atom is 0.246 e. The Hall–Kier alpha value is -5.41. The van der Waals surface area contributed by atoms with Gasteiger partial charge in [0.15, 0.2) is 5.75 Å². The van der Waals surface area contributed by atoms with Crippen LogP contribution in [0, 0.1) is 36.5 Å². The zero-order valence-electron chi connectivity index (χ0n) is 27.5. The molecular weight excluding hydrogens is 586 g/mol. The van der Waals surface area contributed by atoms with Gasteiger partial charge in [-0.2, -0.15) is 15.5 Å². The number of fused-ring (bicyclic) bond motifs is 2. The largest absolute Gasteiger partial charge is 0.435 e. The number of anilines is 2. The van der Waals surface area contributed by atoms with E-state index in [1.54, 1.807) is 11.1 Å². The molecule has 1 atom stereocenters. The summed E-state index contributed by atoms with van der Waals surface area (Å²) in [5.41, 5.74) is 6.35. The first-order valence-electron chi connectivity index (χ1n) is 16.1. The molecule has 0 spiro atoms. The summed E-state index contributed by atoms with van der Waals surface area (Å²) in [5.74, 6) is 1.51. The number of nitrogens with zero attached hydrogens (tertiary/aromatic N) is 7. The zero-order chi connectivity index (χ0) is 33.2. The summed E-state index contributed by atoms with van der Waals surface area (Å²) in [6.07, 6.45) is 3.95. The highest BCUT2D eigenvalue weighted by Crippen LogP contribution is 2.41. The molecule has 4 aromatic rings. The molecule has 0 bridgehead atoms. The average Bonchev–Trinajstić information content (AvgIpc) is 3.08. The third-order valence-electron chi connectivity index (χ3n) is 9.32. The minimum absolute atomic E-state index is 0.0971. The molecule has 9 nitrogen and oxygen atoms in total. The van der Waals surface area contributed by atoms with Crippen molar-refractivity contribution >= 4 is 28.2 Å². The van der Waals surface area contributed by atoms with Gasteiger partial charge < -0.3 is 19.4 Å². The molecule has 6 rings (SSSR count). The summed E-state index contributed by atoms with van der Waals surface area (Å²) < 4.78 is 6.63. The second-order valence-corrected chi connectivity index (χ2v) is 12.6. The van der Waals surface area contributed by atoms with Gasteiger partial charge in [0.25, 0.3) is 0 Å². The third-order valence-corrected chi connectivity index (χ3v) is 9.32. The van der Waals surface area contributed by atoms with E-state index in [0.29, 0.717) is 43.9 Å². The Morgan fingerprint density at radius 2 is 1.85 bits per heavy atom. The number of rotatable bonds is 7. The summed E-state index contributed by atoms with van der Waals surface area (Å²) in [5, 5.41) is 22.7. The molecule has 1 amide bonds. The smallest absolute Gasteiger partial charge is 0.246 e. The molecule has 0 unspecified atom stereocenters. The number of hydrogen-bond donors (Lipinski definition) is 0. The lowest BCUT2D eigenvalue weighted by atomic mass is 9.94. The molecule has 9 heteroatoms. The highest BCUT2D eigenvalue weighted by molar-refractivity contribution is 5.97. The van der Waals surface area contributed by atoms with E-state index >= 15 is 0 Å². The van der Waals surface area contributed by atoms with Gasteiger partial charge in [-0.15, -0.1) is 0 Å². The standard InChI is InChI=1S/C38H39N7O2/c1-6-33(46)45-20-19-44(22-28(45)13-16-39)37-29-15-18-43(32-12-8-11-27-10-7-9-25(4)34(27)32)23-31(29)30(21-40)38(42-37)47-36-26(5)14-17-41-35(36)24(2)3/h6-12,14,17,24,28H,1,13,15,18-20,22-23H2,2-5H3/t28-/m1/s1. The molecule has 4 heterocycles. The highest BCUT2D eigenvalue weighted by atomic mass is 16.5. The number of carbonyl (C=O) groups excluding carboxylic acids is 1. The molecule has 2 aliphatic rings.